The molecule has 0 N–H and O–H groups in total. The Hall–Kier alpha value is -0.980. The summed E-state index contributed by atoms with van der Waals surface area (Å²) in [5, 5.41) is 0. The Kier molecular flexibility index (Phi) is 3.99. The van der Waals surface area contributed by atoms with Crippen LogP contribution in [0.5, 0.6) is 0 Å². The molecule has 1 heteroatoms. The molecule has 0 amide bonds. The highest BCUT2D eigenvalue weighted by molar-refractivity contribution is 5.36. The van der Waals surface area contributed by atoms with E-state index in [0.717, 1.165) is 6.54 Å². The molecule has 0 saturated heterocycles. The zero-order valence-electron chi connectivity index (χ0n) is 9.75. The Morgan fingerprint density at radius 3 is 2.29 bits per heavy atom. The van der Waals surface area contributed by atoms with Crippen molar-refractivity contribution in [3.63, 3.8) is 0 Å². The summed E-state index contributed by atoms with van der Waals surface area (Å²) in [5.41, 5.74) is 2.87. The Bertz CT molecular complexity index is 269. The van der Waals surface area contributed by atoms with E-state index in [-0.39, 0.29) is 0 Å². The highest BCUT2D eigenvalue weighted by Crippen LogP contribution is 2.26. The fourth-order valence-electron chi connectivity index (χ4n) is 1.94. The molecule has 1 nitrogen and oxygen atoms in total. The van der Waals surface area contributed by atoms with Gasteiger partial charge in [0.15, 0.2) is 0 Å². The van der Waals surface area contributed by atoms with Crippen LogP contribution in [0.3, 0.4) is 0 Å². The molecule has 14 heavy (non-hydrogen) atoms. The van der Waals surface area contributed by atoms with Crippen molar-refractivity contribution in [2.75, 3.05) is 6.54 Å². The van der Waals surface area contributed by atoms with Crippen molar-refractivity contribution in [3.05, 3.63) is 35.6 Å². The average Bonchev–Trinajstić information content (AvgIpc) is 2.50. The van der Waals surface area contributed by atoms with Crippen molar-refractivity contribution >= 4 is 0 Å². The van der Waals surface area contributed by atoms with E-state index in [1.165, 1.54) is 17.7 Å². The lowest BCUT2D eigenvalue weighted by Crippen LogP contribution is -2.26. The quantitative estimate of drug-likeness (QED) is 0.660. The van der Waals surface area contributed by atoms with Gasteiger partial charge in [-0.1, -0.05) is 18.2 Å². The van der Waals surface area contributed by atoms with E-state index in [2.05, 4.69) is 56.9 Å². The molecule has 0 aromatic carbocycles. The predicted octanol–water partition coefficient (Wildman–Crippen LogP) is 3.51. The standard InChI is InChI=1S/C13H21N/c1-5-7-12-9-10-14(11(3)4)13(12)8-6-2/h5-8,11H,9-10H2,1-4H3/b7-5-,8-6-. The third kappa shape index (κ3) is 2.28. The third-order valence-corrected chi connectivity index (χ3v) is 2.58. The highest BCUT2D eigenvalue weighted by atomic mass is 15.2. The summed E-state index contributed by atoms with van der Waals surface area (Å²) in [7, 11) is 0. The zero-order valence-corrected chi connectivity index (χ0v) is 9.75. The molecule has 0 aliphatic carbocycles. The lowest BCUT2D eigenvalue weighted by Gasteiger charge is -2.25. The average molecular weight is 191 g/mol. The molecule has 1 aliphatic rings. The lowest BCUT2D eigenvalue weighted by molar-refractivity contribution is 0.318. The molecule has 0 unspecified atom stereocenters. The van der Waals surface area contributed by atoms with Crippen LogP contribution in [0.15, 0.2) is 35.6 Å². The molecule has 0 saturated carbocycles. The molecule has 0 fully saturated rings. The monoisotopic (exact) mass is 191 g/mol. The summed E-state index contributed by atoms with van der Waals surface area (Å²) in [6, 6.07) is 0.601. The van der Waals surface area contributed by atoms with E-state index >= 15 is 0 Å². The van der Waals surface area contributed by atoms with Gasteiger partial charge >= 0.3 is 0 Å². The molecule has 78 valence electrons. The SMILES string of the molecule is C/C=C\C1=C(/C=C\C)N(C(C)C)CC1. The second kappa shape index (κ2) is 5.04. The van der Waals surface area contributed by atoms with Crippen molar-refractivity contribution < 1.29 is 0 Å². The smallest absolute Gasteiger partial charge is 0.0398 e. The first-order valence-corrected chi connectivity index (χ1v) is 5.46. The summed E-state index contributed by atoms with van der Waals surface area (Å²) >= 11 is 0. The molecule has 1 rings (SSSR count). The molecular formula is C13H21N. The Labute approximate surface area is 87.8 Å². The molecule has 0 radical (unpaired) electrons. The number of allylic oxidation sites excluding steroid dienone is 4. The van der Waals surface area contributed by atoms with Crippen LogP contribution >= 0.6 is 0 Å². The van der Waals surface area contributed by atoms with Crippen LogP contribution in [0.2, 0.25) is 0 Å². The van der Waals surface area contributed by atoms with E-state index < -0.39 is 0 Å². The lowest BCUT2D eigenvalue weighted by atomic mass is 10.1. The van der Waals surface area contributed by atoms with Crippen LogP contribution in [0.4, 0.5) is 0 Å². The van der Waals surface area contributed by atoms with Gasteiger partial charge in [-0.05, 0) is 45.8 Å². The highest BCUT2D eigenvalue weighted by Gasteiger charge is 2.20. The van der Waals surface area contributed by atoms with Gasteiger partial charge in [-0.15, -0.1) is 0 Å². The van der Waals surface area contributed by atoms with Crippen molar-refractivity contribution in [2.24, 2.45) is 0 Å². The second-order valence-corrected chi connectivity index (χ2v) is 3.95. The Balaban J connectivity index is 2.95. The molecule has 0 aromatic rings. The molecule has 1 aliphatic heterocycles. The van der Waals surface area contributed by atoms with E-state index in [4.69, 9.17) is 0 Å². The van der Waals surface area contributed by atoms with Crippen LogP contribution in [-0.4, -0.2) is 17.5 Å². The van der Waals surface area contributed by atoms with Crippen molar-refractivity contribution in [3.8, 4) is 0 Å². The maximum Gasteiger partial charge on any atom is 0.0398 e. The van der Waals surface area contributed by atoms with Gasteiger partial charge in [-0.3, -0.25) is 0 Å². The van der Waals surface area contributed by atoms with Crippen molar-refractivity contribution in [1.82, 2.24) is 4.90 Å². The van der Waals surface area contributed by atoms with Gasteiger partial charge in [0.25, 0.3) is 0 Å². The summed E-state index contributed by atoms with van der Waals surface area (Å²) in [6.07, 6.45) is 9.89. The molecule has 0 bridgehead atoms. The van der Waals surface area contributed by atoms with Gasteiger partial charge in [-0.2, -0.15) is 0 Å². The van der Waals surface area contributed by atoms with Crippen LogP contribution in [-0.2, 0) is 0 Å². The van der Waals surface area contributed by atoms with Gasteiger partial charge < -0.3 is 4.90 Å². The van der Waals surface area contributed by atoms with Gasteiger partial charge in [-0.25, -0.2) is 0 Å². The van der Waals surface area contributed by atoms with Gasteiger partial charge in [0.1, 0.15) is 0 Å². The molecule has 1 heterocycles. The molecule has 0 atom stereocenters. The number of hydrogen-bond donors (Lipinski definition) is 0. The van der Waals surface area contributed by atoms with E-state index in [1.807, 2.05) is 0 Å². The van der Waals surface area contributed by atoms with Crippen molar-refractivity contribution in [1.29, 1.82) is 0 Å². The van der Waals surface area contributed by atoms with E-state index in [9.17, 15) is 0 Å². The topological polar surface area (TPSA) is 3.24 Å². The minimum Gasteiger partial charge on any atom is -0.369 e. The maximum absolute atomic E-state index is 2.47. The fraction of sp³-hybridized carbons (Fsp3) is 0.538. The number of hydrogen-bond acceptors (Lipinski definition) is 1. The largest absolute Gasteiger partial charge is 0.369 e. The van der Waals surface area contributed by atoms with Crippen molar-refractivity contribution in [2.45, 2.75) is 40.2 Å². The van der Waals surface area contributed by atoms with Crippen LogP contribution in [0.25, 0.3) is 0 Å². The van der Waals surface area contributed by atoms with Crippen LogP contribution in [0.1, 0.15) is 34.1 Å². The van der Waals surface area contributed by atoms with Gasteiger partial charge in [0.05, 0.1) is 0 Å². The minimum atomic E-state index is 0.601. The predicted molar refractivity (Wildman–Crippen MR) is 63.1 cm³/mol. The van der Waals surface area contributed by atoms with E-state index in [1.54, 1.807) is 0 Å². The summed E-state index contributed by atoms with van der Waals surface area (Å²) < 4.78 is 0. The van der Waals surface area contributed by atoms with E-state index in [0.29, 0.717) is 6.04 Å². The Morgan fingerprint density at radius 1 is 1.14 bits per heavy atom. The molecule has 0 aromatic heterocycles. The summed E-state index contributed by atoms with van der Waals surface area (Å²) in [5.74, 6) is 0. The summed E-state index contributed by atoms with van der Waals surface area (Å²) in [6.45, 7) is 9.83. The normalized spacial score (nSPS) is 18.5. The first-order chi connectivity index (χ1) is 6.70. The van der Waals surface area contributed by atoms with Crippen LogP contribution < -0.4 is 0 Å². The second-order valence-electron chi connectivity index (χ2n) is 3.95. The third-order valence-electron chi connectivity index (χ3n) is 2.58. The van der Waals surface area contributed by atoms with Gasteiger partial charge in [0.2, 0.25) is 0 Å². The first kappa shape index (κ1) is 11.1. The number of nitrogens with zero attached hydrogens (tertiary/aromatic N) is 1. The number of rotatable bonds is 3. The zero-order chi connectivity index (χ0) is 10.6. The molecule has 0 spiro atoms. The Morgan fingerprint density at radius 2 is 1.79 bits per heavy atom. The fourth-order valence-corrected chi connectivity index (χ4v) is 1.94. The van der Waals surface area contributed by atoms with Gasteiger partial charge in [0, 0.05) is 18.3 Å². The maximum atomic E-state index is 2.47. The first-order valence-electron chi connectivity index (χ1n) is 5.46. The minimum absolute atomic E-state index is 0.601. The van der Waals surface area contributed by atoms with Crippen LogP contribution in [0, 0.1) is 0 Å². The summed E-state index contributed by atoms with van der Waals surface area (Å²) in [4.78, 5) is 2.47. The molecular weight excluding hydrogens is 170 g/mol.